The van der Waals surface area contributed by atoms with E-state index in [9.17, 15) is 14.4 Å². The van der Waals surface area contributed by atoms with Crippen molar-refractivity contribution in [3.05, 3.63) is 97.9 Å². The monoisotopic (exact) mass is 446 g/mol. The SMILES string of the molecule is CCOC(=O)c1cc(C(=O)c2ccccc2)n2c(=O)/c(=C/c3ccc(N(C)C)cc3)sc12. The smallest absolute Gasteiger partial charge is 0.341 e. The van der Waals surface area contributed by atoms with Crippen molar-refractivity contribution in [2.75, 3.05) is 25.6 Å². The minimum absolute atomic E-state index is 0.151. The van der Waals surface area contributed by atoms with Gasteiger partial charge in [-0.05, 0) is 36.8 Å². The normalized spacial score (nSPS) is 11.7. The second kappa shape index (κ2) is 8.80. The Kier molecular flexibility index (Phi) is 5.92. The first-order chi connectivity index (χ1) is 15.4. The molecule has 0 unspecified atom stereocenters. The Hall–Kier alpha value is -3.71. The number of nitrogens with zero attached hydrogens (tertiary/aromatic N) is 2. The second-order valence-corrected chi connectivity index (χ2v) is 8.43. The van der Waals surface area contributed by atoms with Gasteiger partial charge in [-0.15, -0.1) is 11.3 Å². The Labute approximate surface area is 189 Å². The third kappa shape index (κ3) is 3.94. The Morgan fingerprint density at radius 1 is 1.06 bits per heavy atom. The van der Waals surface area contributed by atoms with Crippen LogP contribution in [0.15, 0.2) is 65.5 Å². The number of thiazole rings is 1. The molecule has 0 fully saturated rings. The molecule has 0 aliphatic heterocycles. The molecule has 0 atom stereocenters. The lowest BCUT2D eigenvalue weighted by Crippen LogP contribution is -2.25. The lowest BCUT2D eigenvalue weighted by molar-refractivity contribution is 0.0529. The summed E-state index contributed by atoms with van der Waals surface area (Å²) in [5.74, 6) is -0.881. The number of carbonyl (C=O) groups excluding carboxylic acids is 2. The number of rotatable bonds is 6. The molecular formula is C25H22N2O4S. The average Bonchev–Trinajstić information content (AvgIpc) is 3.32. The Morgan fingerprint density at radius 2 is 1.75 bits per heavy atom. The van der Waals surface area contributed by atoms with Crippen molar-refractivity contribution in [2.45, 2.75) is 6.92 Å². The quantitative estimate of drug-likeness (QED) is 0.336. The van der Waals surface area contributed by atoms with E-state index in [2.05, 4.69) is 0 Å². The summed E-state index contributed by atoms with van der Waals surface area (Å²) in [4.78, 5) is 41.4. The third-order valence-electron chi connectivity index (χ3n) is 5.05. The van der Waals surface area contributed by atoms with Gasteiger partial charge in [0.1, 0.15) is 4.83 Å². The van der Waals surface area contributed by atoms with Gasteiger partial charge in [0.15, 0.2) is 0 Å². The van der Waals surface area contributed by atoms with Crippen molar-refractivity contribution in [3.8, 4) is 0 Å². The van der Waals surface area contributed by atoms with Gasteiger partial charge in [0, 0.05) is 25.3 Å². The topological polar surface area (TPSA) is 68.1 Å². The van der Waals surface area contributed by atoms with Gasteiger partial charge in [0.2, 0.25) is 5.78 Å². The zero-order valence-electron chi connectivity index (χ0n) is 18.0. The highest BCUT2D eigenvalue weighted by Gasteiger charge is 2.24. The Bertz CT molecular complexity index is 1400. The highest BCUT2D eigenvalue weighted by atomic mass is 32.1. The summed E-state index contributed by atoms with van der Waals surface area (Å²) in [6.07, 6.45) is 1.77. The molecule has 0 spiro atoms. The molecule has 162 valence electrons. The number of hydrogen-bond donors (Lipinski definition) is 0. The first-order valence-corrected chi connectivity index (χ1v) is 11.0. The Balaban J connectivity index is 1.90. The maximum Gasteiger partial charge on any atom is 0.341 e. The van der Waals surface area contributed by atoms with Gasteiger partial charge in [0.25, 0.3) is 5.56 Å². The summed E-state index contributed by atoms with van der Waals surface area (Å²) in [6, 6.07) is 17.9. The first-order valence-electron chi connectivity index (χ1n) is 10.1. The number of fused-ring (bicyclic) bond motifs is 1. The van der Waals surface area contributed by atoms with E-state index in [0.29, 0.717) is 14.9 Å². The van der Waals surface area contributed by atoms with E-state index in [1.54, 1.807) is 37.3 Å². The van der Waals surface area contributed by atoms with Crippen molar-refractivity contribution in [2.24, 2.45) is 0 Å². The second-order valence-electron chi connectivity index (χ2n) is 7.40. The van der Waals surface area contributed by atoms with Crippen LogP contribution in [0.1, 0.15) is 38.9 Å². The molecule has 2 aromatic carbocycles. The van der Waals surface area contributed by atoms with Crippen molar-refractivity contribution >= 4 is 39.7 Å². The zero-order valence-corrected chi connectivity index (χ0v) is 18.8. The van der Waals surface area contributed by atoms with Gasteiger partial charge in [-0.3, -0.25) is 14.0 Å². The molecule has 2 aromatic heterocycles. The maximum absolute atomic E-state index is 13.3. The Morgan fingerprint density at radius 3 is 2.38 bits per heavy atom. The first kappa shape index (κ1) is 21.5. The van der Waals surface area contributed by atoms with Crippen molar-refractivity contribution < 1.29 is 14.3 Å². The summed E-state index contributed by atoms with van der Waals surface area (Å²) in [6.45, 7) is 1.91. The van der Waals surface area contributed by atoms with Crippen LogP contribution in [0.4, 0.5) is 5.69 Å². The molecular weight excluding hydrogens is 424 g/mol. The lowest BCUT2D eigenvalue weighted by Gasteiger charge is -2.11. The number of carbonyl (C=O) groups is 2. The van der Waals surface area contributed by atoms with Crippen LogP contribution < -0.4 is 15.0 Å². The van der Waals surface area contributed by atoms with Crippen molar-refractivity contribution in [3.63, 3.8) is 0 Å². The minimum Gasteiger partial charge on any atom is -0.462 e. The highest BCUT2D eigenvalue weighted by molar-refractivity contribution is 7.15. The number of ketones is 1. The summed E-state index contributed by atoms with van der Waals surface area (Å²) in [5.41, 5.74) is 2.37. The summed E-state index contributed by atoms with van der Waals surface area (Å²) in [7, 11) is 3.92. The van der Waals surface area contributed by atoms with Gasteiger partial charge < -0.3 is 9.64 Å². The van der Waals surface area contributed by atoms with Crippen LogP contribution in [0.2, 0.25) is 0 Å². The number of aromatic nitrogens is 1. The molecule has 0 bridgehead atoms. The molecule has 32 heavy (non-hydrogen) atoms. The molecule has 0 aliphatic carbocycles. The van der Waals surface area contributed by atoms with Crippen LogP contribution in [-0.2, 0) is 4.74 Å². The van der Waals surface area contributed by atoms with Gasteiger partial charge >= 0.3 is 5.97 Å². The number of anilines is 1. The summed E-state index contributed by atoms with van der Waals surface area (Å²) < 4.78 is 6.93. The predicted octanol–water partition coefficient (Wildman–Crippen LogP) is 3.38. The largest absolute Gasteiger partial charge is 0.462 e. The molecule has 0 N–H and O–H groups in total. The third-order valence-corrected chi connectivity index (χ3v) is 6.16. The van der Waals surface area contributed by atoms with Gasteiger partial charge in [0.05, 0.1) is 22.4 Å². The molecule has 4 aromatic rings. The fourth-order valence-corrected chi connectivity index (χ4v) is 4.53. The van der Waals surface area contributed by atoms with Gasteiger partial charge in [-0.1, -0.05) is 42.5 Å². The van der Waals surface area contributed by atoms with Crippen LogP contribution in [0, 0.1) is 0 Å². The van der Waals surface area contributed by atoms with Crippen LogP contribution in [0.5, 0.6) is 0 Å². The van der Waals surface area contributed by atoms with E-state index in [1.807, 2.05) is 49.3 Å². The van der Waals surface area contributed by atoms with E-state index in [1.165, 1.54) is 21.8 Å². The maximum atomic E-state index is 13.3. The van der Waals surface area contributed by atoms with Crippen molar-refractivity contribution in [1.82, 2.24) is 4.40 Å². The lowest BCUT2D eigenvalue weighted by atomic mass is 10.1. The minimum atomic E-state index is -0.555. The van der Waals surface area contributed by atoms with Crippen molar-refractivity contribution in [1.29, 1.82) is 0 Å². The van der Waals surface area contributed by atoms with Crippen LogP contribution in [-0.4, -0.2) is 36.9 Å². The van der Waals surface area contributed by atoms with E-state index >= 15 is 0 Å². The van der Waals surface area contributed by atoms with Crippen LogP contribution in [0.3, 0.4) is 0 Å². The van der Waals surface area contributed by atoms with Gasteiger partial charge in [-0.25, -0.2) is 4.79 Å². The molecule has 0 radical (unpaired) electrons. The molecule has 2 heterocycles. The zero-order chi connectivity index (χ0) is 22.8. The fourth-order valence-electron chi connectivity index (χ4n) is 3.42. The van der Waals surface area contributed by atoms with E-state index < -0.39 is 5.97 Å². The molecule has 7 heteroatoms. The molecule has 0 saturated heterocycles. The number of benzene rings is 2. The molecule has 0 amide bonds. The predicted molar refractivity (Wildman–Crippen MR) is 127 cm³/mol. The number of esters is 1. The molecule has 0 aliphatic rings. The van der Waals surface area contributed by atoms with E-state index in [0.717, 1.165) is 11.3 Å². The standard InChI is InChI=1S/C25H22N2O4S/c1-4-31-25(30)19-15-20(22(28)17-8-6-5-7-9-17)27-23(29)21(32-24(19)27)14-16-10-12-18(13-11-16)26(2)3/h5-15H,4H2,1-3H3/b21-14-. The number of ether oxygens (including phenoxy) is 1. The van der Waals surface area contributed by atoms with Crippen LogP contribution >= 0.6 is 11.3 Å². The average molecular weight is 447 g/mol. The van der Waals surface area contributed by atoms with E-state index in [-0.39, 0.29) is 29.2 Å². The fraction of sp³-hybridized carbons (Fsp3) is 0.160. The number of hydrogen-bond acceptors (Lipinski definition) is 6. The summed E-state index contributed by atoms with van der Waals surface area (Å²) >= 11 is 1.17. The molecule has 6 nitrogen and oxygen atoms in total. The van der Waals surface area contributed by atoms with Gasteiger partial charge in [-0.2, -0.15) is 0 Å². The van der Waals surface area contributed by atoms with E-state index in [4.69, 9.17) is 4.74 Å². The summed E-state index contributed by atoms with van der Waals surface area (Å²) in [5, 5.41) is 0. The molecule has 4 rings (SSSR count). The molecule has 0 saturated carbocycles. The highest BCUT2D eigenvalue weighted by Crippen LogP contribution is 2.22. The van der Waals surface area contributed by atoms with Crippen LogP contribution in [0.25, 0.3) is 10.9 Å².